The Morgan fingerprint density at radius 1 is 0.545 bits per heavy atom. The van der Waals surface area contributed by atoms with Crippen molar-refractivity contribution >= 4 is 16.7 Å². The molecule has 3 heteroatoms. The van der Waals surface area contributed by atoms with Crippen molar-refractivity contribution < 1.29 is 14.3 Å². The zero-order valence-electron chi connectivity index (χ0n) is 32.2. The van der Waals surface area contributed by atoms with Crippen LogP contribution in [0.15, 0.2) is 158 Å². The van der Waals surface area contributed by atoms with Gasteiger partial charge >= 0.3 is 5.97 Å². The number of rotatable bonds is 9. The van der Waals surface area contributed by atoms with E-state index in [1.165, 1.54) is 0 Å². The van der Waals surface area contributed by atoms with E-state index in [1.807, 2.05) is 24.3 Å². The van der Waals surface area contributed by atoms with Crippen molar-refractivity contribution in [3.63, 3.8) is 0 Å². The molecule has 0 aliphatic heterocycles. The van der Waals surface area contributed by atoms with Crippen LogP contribution < -0.4 is 4.74 Å². The van der Waals surface area contributed by atoms with Crippen molar-refractivity contribution in [3.8, 4) is 61.4 Å². The fourth-order valence-corrected chi connectivity index (χ4v) is 8.90. The van der Waals surface area contributed by atoms with E-state index in [-0.39, 0.29) is 18.0 Å². The number of fused-ring (bicyclic) bond motifs is 1. The van der Waals surface area contributed by atoms with Gasteiger partial charge in [0.15, 0.2) is 0 Å². The van der Waals surface area contributed by atoms with Gasteiger partial charge in [-0.2, -0.15) is 0 Å². The maximum atomic E-state index is 15.9. The zero-order chi connectivity index (χ0) is 37.9. The van der Waals surface area contributed by atoms with Gasteiger partial charge in [-0.15, -0.1) is 0 Å². The van der Waals surface area contributed by atoms with Gasteiger partial charge in [0.25, 0.3) is 0 Å². The van der Waals surface area contributed by atoms with E-state index in [0.717, 1.165) is 85.7 Å². The Hall–Kier alpha value is -5.93. The normalized spacial score (nSPS) is 16.9. The van der Waals surface area contributed by atoms with Crippen LogP contribution in [-0.4, -0.2) is 19.2 Å². The van der Waals surface area contributed by atoms with Crippen LogP contribution in [0.4, 0.5) is 0 Å². The molecule has 7 aromatic rings. The Bertz CT molecular complexity index is 2420. The second-order valence-corrected chi connectivity index (χ2v) is 15.3. The third kappa shape index (κ3) is 6.96. The number of carbonyl (C=O) groups excluding carboxylic acids is 1. The predicted molar refractivity (Wildman–Crippen MR) is 228 cm³/mol. The van der Waals surface area contributed by atoms with Gasteiger partial charge in [0.1, 0.15) is 11.9 Å². The fourth-order valence-electron chi connectivity index (χ4n) is 8.90. The van der Waals surface area contributed by atoms with Crippen LogP contribution in [0.2, 0.25) is 0 Å². The van der Waals surface area contributed by atoms with Crippen molar-refractivity contribution in [2.45, 2.75) is 46.1 Å². The molecule has 8 rings (SSSR count). The van der Waals surface area contributed by atoms with Gasteiger partial charge in [0.2, 0.25) is 0 Å². The number of hydrogen-bond acceptors (Lipinski definition) is 3. The Morgan fingerprint density at radius 2 is 1.02 bits per heavy atom. The van der Waals surface area contributed by atoms with Crippen molar-refractivity contribution in [1.29, 1.82) is 0 Å². The zero-order valence-corrected chi connectivity index (χ0v) is 32.2. The van der Waals surface area contributed by atoms with Gasteiger partial charge in [-0.1, -0.05) is 179 Å². The standard InChI is InChI=1S/C52H48O3/c1-34(2)41-31-29-35(3)33-44(41)55-52(53)51-48(40-26-15-8-16-27-40)46(38-22-11-6-12-23-38)45(37-20-9-5-10-21-37)47(39-24-13-7-14-25-39)50(51)49-42-28-18-17-19-36(42)30-32-43(49)54-4/h5-28,30,32,34-35,41,44H,29,31,33H2,1-4H3/t35-,41+,44-/m1/s1. The summed E-state index contributed by atoms with van der Waals surface area (Å²) in [6.07, 6.45) is 2.84. The summed E-state index contributed by atoms with van der Waals surface area (Å²) in [5.41, 5.74) is 10.1. The lowest BCUT2D eigenvalue weighted by Gasteiger charge is -2.37. The third-order valence-corrected chi connectivity index (χ3v) is 11.5. The molecular formula is C52H48O3. The van der Waals surface area contributed by atoms with Crippen LogP contribution in [0.5, 0.6) is 5.75 Å². The van der Waals surface area contributed by atoms with Crippen LogP contribution in [-0.2, 0) is 4.74 Å². The fraction of sp³-hybridized carbons (Fsp3) is 0.212. The van der Waals surface area contributed by atoms with Gasteiger partial charge < -0.3 is 9.47 Å². The van der Waals surface area contributed by atoms with E-state index in [1.54, 1.807) is 7.11 Å². The highest BCUT2D eigenvalue weighted by Crippen LogP contribution is 2.55. The molecule has 0 aromatic heterocycles. The summed E-state index contributed by atoms with van der Waals surface area (Å²) < 4.78 is 13.3. The molecule has 0 N–H and O–H groups in total. The van der Waals surface area contributed by atoms with Crippen molar-refractivity contribution in [2.75, 3.05) is 7.11 Å². The minimum atomic E-state index is -0.303. The summed E-state index contributed by atoms with van der Waals surface area (Å²) in [6, 6.07) is 54.6. The lowest BCUT2D eigenvalue weighted by atomic mass is 9.74. The van der Waals surface area contributed by atoms with Gasteiger partial charge in [-0.3, -0.25) is 0 Å². The van der Waals surface area contributed by atoms with Crippen LogP contribution in [0.3, 0.4) is 0 Å². The van der Waals surface area contributed by atoms with E-state index in [4.69, 9.17) is 9.47 Å². The molecule has 0 amide bonds. The van der Waals surface area contributed by atoms with Gasteiger partial charge in [-0.05, 0) is 86.4 Å². The molecule has 274 valence electrons. The molecular weight excluding hydrogens is 673 g/mol. The number of ether oxygens (including phenoxy) is 2. The van der Waals surface area contributed by atoms with E-state index < -0.39 is 0 Å². The topological polar surface area (TPSA) is 35.5 Å². The highest BCUT2D eigenvalue weighted by atomic mass is 16.5. The molecule has 3 nitrogen and oxygen atoms in total. The highest BCUT2D eigenvalue weighted by molar-refractivity contribution is 6.20. The van der Waals surface area contributed by atoms with Crippen LogP contribution >= 0.6 is 0 Å². The SMILES string of the molecule is COc1ccc2ccccc2c1-c1c(C(=O)O[C@@H]2C[C@H](C)CC[C@H]2C(C)C)c(-c2ccccc2)c(-c2ccccc2)c(-c2ccccc2)c1-c1ccccc1. The molecule has 0 saturated heterocycles. The number of methoxy groups -OCH3 is 1. The molecule has 1 aliphatic rings. The summed E-state index contributed by atoms with van der Waals surface area (Å²) in [7, 11) is 1.72. The Labute approximate surface area is 325 Å². The molecule has 7 aromatic carbocycles. The summed E-state index contributed by atoms with van der Waals surface area (Å²) in [6.45, 7) is 6.81. The lowest BCUT2D eigenvalue weighted by Crippen LogP contribution is -2.36. The Morgan fingerprint density at radius 3 is 1.55 bits per heavy atom. The number of benzene rings is 7. The lowest BCUT2D eigenvalue weighted by molar-refractivity contribution is -0.0172. The van der Waals surface area contributed by atoms with E-state index in [2.05, 4.69) is 154 Å². The molecule has 0 unspecified atom stereocenters. The minimum absolute atomic E-state index is 0.198. The average molecular weight is 721 g/mol. The third-order valence-electron chi connectivity index (χ3n) is 11.5. The summed E-state index contributed by atoms with van der Waals surface area (Å²) in [4.78, 5) is 15.9. The molecule has 1 fully saturated rings. The van der Waals surface area contributed by atoms with Gasteiger partial charge in [0, 0.05) is 16.7 Å². The first-order valence-corrected chi connectivity index (χ1v) is 19.7. The smallest absolute Gasteiger partial charge is 0.339 e. The van der Waals surface area contributed by atoms with E-state index >= 15 is 4.79 Å². The van der Waals surface area contributed by atoms with Gasteiger partial charge in [0.05, 0.1) is 12.7 Å². The Balaban J connectivity index is 1.62. The monoisotopic (exact) mass is 720 g/mol. The maximum Gasteiger partial charge on any atom is 0.339 e. The summed E-state index contributed by atoms with van der Waals surface area (Å²) in [5.74, 6) is 1.53. The first kappa shape index (κ1) is 36.1. The van der Waals surface area contributed by atoms with Crippen LogP contribution in [0, 0.1) is 17.8 Å². The molecule has 0 spiro atoms. The first-order valence-electron chi connectivity index (χ1n) is 19.7. The minimum Gasteiger partial charge on any atom is -0.496 e. The largest absolute Gasteiger partial charge is 0.496 e. The summed E-state index contributed by atoms with van der Waals surface area (Å²) >= 11 is 0. The van der Waals surface area contributed by atoms with E-state index in [9.17, 15) is 0 Å². The molecule has 1 aliphatic carbocycles. The van der Waals surface area contributed by atoms with E-state index in [0.29, 0.717) is 23.1 Å². The first-order chi connectivity index (χ1) is 26.9. The molecule has 0 radical (unpaired) electrons. The van der Waals surface area contributed by atoms with Crippen molar-refractivity contribution in [3.05, 3.63) is 163 Å². The van der Waals surface area contributed by atoms with Crippen LogP contribution in [0.1, 0.15) is 50.4 Å². The number of esters is 1. The quantitative estimate of drug-likeness (QED) is 0.139. The van der Waals surface area contributed by atoms with Crippen molar-refractivity contribution in [2.24, 2.45) is 17.8 Å². The summed E-state index contributed by atoms with van der Waals surface area (Å²) in [5, 5.41) is 2.07. The molecule has 0 heterocycles. The maximum absolute atomic E-state index is 15.9. The van der Waals surface area contributed by atoms with Crippen LogP contribution in [0.25, 0.3) is 66.4 Å². The predicted octanol–water partition coefficient (Wildman–Crippen LogP) is 13.8. The average Bonchev–Trinajstić information content (AvgIpc) is 3.23. The Kier molecular flexibility index (Phi) is 10.4. The molecule has 55 heavy (non-hydrogen) atoms. The molecule has 0 bridgehead atoms. The highest BCUT2D eigenvalue weighted by Gasteiger charge is 2.38. The number of hydrogen-bond donors (Lipinski definition) is 0. The second kappa shape index (κ2) is 15.8. The van der Waals surface area contributed by atoms with Gasteiger partial charge in [-0.25, -0.2) is 4.79 Å². The molecule has 3 atom stereocenters. The second-order valence-electron chi connectivity index (χ2n) is 15.3. The number of carbonyl (C=O) groups is 1. The molecule has 1 saturated carbocycles. The van der Waals surface area contributed by atoms with Crippen molar-refractivity contribution in [1.82, 2.24) is 0 Å².